The topological polar surface area (TPSA) is 128 Å². The summed E-state index contributed by atoms with van der Waals surface area (Å²) in [5.74, 6) is -1.61. The lowest BCUT2D eigenvalue weighted by molar-refractivity contribution is -0.385. The van der Waals surface area contributed by atoms with E-state index in [0.717, 1.165) is 6.07 Å². The van der Waals surface area contributed by atoms with E-state index in [9.17, 15) is 24.5 Å². The van der Waals surface area contributed by atoms with Gasteiger partial charge >= 0.3 is 5.69 Å². The highest BCUT2D eigenvalue weighted by Crippen LogP contribution is 2.28. The first-order valence-corrected chi connectivity index (χ1v) is 7.04. The Bertz CT molecular complexity index is 937. The van der Waals surface area contributed by atoms with Gasteiger partial charge in [-0.2, -0.15) is 0 Å². The van der Waals surface area contributed by atoms with Crippen molar-refractivity contribution in [3.8, 4) is 5.75 Å². The van der Waals surface area contributed by atoms with Crippen molar-refractivity contribution in [2.24, 2.45) is 0 Å². The van der Waals surface area contributed by atoms with E-state index in [0.29, 0.717) is 0 Å². The molecule has 1 aliphatic rings. The first-order chi connectivity index (χ1) is 11.9. The van der Waals surface area contributed by atoms with Gasteiger partial charge < -0.3 is 10.1 Å². The molecule has 0 saturated heterocycles. The average Bonchev–Trinajstić information content (AvgIpc) is 2.88. The molecule has 1 heterocycles. The van der Waals surface area contributed by atoms with Crippen molar-refractivity contribution in [1.29, 1.82) is 0 Å². The Morgan fingerprint density at radius 3 is 2.52 bits per heavy atom. The lowest BCUT2D eigenvalue weighted by Gasteiger charge is -2.07. The molecule has 0 aromatic heterocycles. The molecule has 25 heavy (non-hydrogen) atoms. The number of hydrogen-bond donors (Lipinski definition) is 2. The van der Waals surface area contributed by atoms with Crippen molar-refractivity contribution in [3.05, 3.63) is 63.2 Å². The van der Waals surface area contributed by atoms with Crippen LogP contribution in [0.2, 0.25) is 0 Å². The molecule has 2 aromatic rings. The fourth-order valence-corrected chi connectivity index (χ4v) is 2.42. The number of nitrogens with zero attached hydrogens (tertiary/aromatic N) is 1. The van der Waals surface area contributed by atoms with Gasteiger partial charge in [-0.3, -0.25) is 29.8 Å². The Morgan fingerprint density at radius 2 is 1.84 bits per heavy atom. The third kappa shape index (κ3) is 2.90. The number of carbonyl (C=O) groups excluding carboxylic acids is 3. The normalized spacial score (nSPS) is 12.4. The summed E-state index contributed by atoms with van der Waals surface area (Å²) in [6, 6.07) is 8.05. The number of nitro benzene ring substituents is 1. The molecule has 0 atom stereocenters. The molecule has 2 N–H and O–H groups in total. The first-order valence-electron chi connectivity index (χ1n) is 7.04. The van der Waals surface area contributed by atoms with Crippen LogP contribution in [0.5, 0.6) is 5.75 Å². The summed E-state index contributed by atoms with van der Waals surface area (Å²) < 4.78 is 4.88. The molecular weight excluding hydrogens is 330 g/mol. The molecule has 3 amide bonds. The maximum Gasteiger partial charge on any atom is 0.311 e. The zero-order chi connectivity index (χ0) is 18.1. The molecule has 9 nitrogen and oxygen atoms in total. The van der Waals surface area contributed by atoms with Crippen molar-refractivity contribution in [3.63, 3.8) is 0 Å². The lowest BCUT2D eigenvalue weighted by atomic mass is 10.1. The summed E-state index contributed by atoms with van der Waals surface area (Å²) >= 11 is 0. The highest BCUT2D eigenvalue weighted by Gasteiger charge is 2.27. The summed E-state index contributed by atoms with van der Waals surface area (Å²) in [5.41, 5.74) is 0.376. The van der Waals surface area contributed by atoms with Crippen LogP contribution < -0.4 is 15.4 Å². The molecule has 1 aliphatic heterocycles. The highest BCUT2D eigenvalue weighted by molar-refractivity contribution is 6.22. The van der Waals surface area contributed by atoms with Gasteiger partial charge in [0.15, 0.2) is 5.75 Å². The average molecular weight is 341 g/mol. The first kappa shape index (κ1) is 16.1. The predicted molar refractivity (Wildman–Crippen MR) is 85.8 cm³/mol. The largest absolute Gasteiger partial charge is 0.490 e. The van der Waals surface area contributed by atoms with Crippen LogP contribution in [0, 0.1) is 10.1 Å². The van der Waals surface area contributed by atoms with Crippen LogP contribution in [-0.2, 0) is 0 Å². The molecule has 0 fully saturated rings. The molecule has 2 aromatic carbocycles. The number of fused-ring (bicyclic) bond motifs is 1. The summed E-state index contributed by atoms with van der Waals surface area (Å²) in [5, 5.41) is 15.7. The number of methoxy groups -OCH3 is 1. The highest BCUT2D eigenvalue weighted by atomic mass is 16.6. The monoisotopic (exact) mass is 341 g/mol. The van der Waals surface area contributed by atoms with E-state index in [4.69, 9.17) is 4.74 Å². The van der Waals surface area contributed by atoms with Gasteiger partial charge in [-0.05, 0) is 30.3 Å². The minimum atomic E-state index is -0.652. The van der Waals surface area contributed by atoms with E-state index >= 15 is 0 Å². The van der Waals surface area contributed by atoms with E-state index in [2.05, 4.69) is 10.6 Å². The summed E-state index contributed by atoms with van der Waals surface area (Å²) in [6.45, 7) is 0. The Labute approximate surface area is 140 Å². The number of ether oxygens (including phenoxy) is 1. The van der Waals surface area contributed by atoms with Crippen LogP contribution in [0.3, 0.4) is 0 Å². The molecule has 0 bridgehead atoms. The molecule has 3 rings (SSSR count). The Kier molecular flexibility index (Phi) is 3.89. The van der Waals surface area contributed by atoms with Gasteiger partial charge in [0, 0.05) is 17.3 Å². The molecule has 0 unspecified atom stereocenters. The number of carbonyl (C=O) groups is 3. The van der Waals surface area contributed by atoms with Crippen molar-refractivity contribution < 1.29 is 24.0 Å². The zero-order valence-electron chi connectivity index (χ0n) is 12.9. The van der Waals surface area contributed by atoms with Crippen LogP contribution in [0.15, 0.2) is 36.4 Å². The Hall–Kier alpha value is -3.75. The SMILES string of the molecule is COc1ccc(C(=O)Nc2ccc3c(c2)C(=O)NC3=O)cc1[N+](=O)[O-]. The van der Waals surface area contributed by atoms with Gasteiger partial charge in [0.2, 0.25) is 0 Å². The summed E-state index contributed by atoms with van der Waals surface area (Å²) in [4.78, 5) is 45.8. The van der Waals surface area contributed by atoms with Gasteiger partial charge in [-0.15, -0.1) is 0 Å². The van der Waals surface area contributed by atoms with Crippen LogP contribution >= 0.6 is 0 Å². The van der Waals surface area contributed by atoms with Gasteiger partial charge in [-0.25, -0.2) is 0 Å². The fraction of sp³-hybridized carbons (Fsp3) is 0.0625. The van der Waals surface area contributed by atoms with E-state index in [1.165, 1.54) is 37.4 Å². The van der Waals surface area contributed by atoms with Gasteiger partial charge in [0.1, 0.15) is 0 Å². The standard InChI is InChI=1S/C16H11N3O6/c1-25-13-5-2-8(6-12(13)19(23)24)14(20)17-9-3-4-10-11(7-9)16(22)18-15(10)21/h2-7H,1H3,(H,17,20)(H,18,21,22). The number of anilines is 1. The van der Waals surface area contributed by atoms with Gasteiger partial charge in [0.05, 0.1) is 23.2 Å². The molecular formula is C16H11N3O6. The van der Waals surface area contributed by atoms with Crippen molar-refractivity contribution >= 4 is 29.1 Å². The summed E-state index contributed by atoms with van der Waals surface area (Å²) in [7, 11) is 1.29. The number of nitro groups is 1. The number of hydrogen-bond acceptors (Lipinski definition) is 6. The fourth-order valence-electron chi connectivity index (χ4n) is 2.42. The number of rotatable bonds is 4. The minimum absolute atomic E-state index is 0.0364. The Balaban J connectivity index is 1.87. The number of imide groups is 1. The quantitative estimate of drug-likeness (QED) is 0.495. The number of amides is 3. The van der Waals surface area contributed by atoms with Gasteiger partial charge in [0.25, 0.3) is 17.7 Å². The molecule has 0 radical (unpaired) electrons. The second-order valence-corrected chi connectivity index (χ2v) is 5.14. The van der Waals surface area contributed by atoms with Crippen molar-refractivity contribution in [2.75, 3.05) is 12.4 Å². The van der Waals surface area contributed by atoms with Crippen molar-refractivity contribution in [1.82, 2.24) is 5.32 Å². The predicted octanol–water partition coefficient (Wildman–Crippen LogP) is 1.74. The van der Waals surface area contributed by atoms with Crippen LogP contribution in [0.1, 0.15) is 31.1 Å². The number of benzene rings is 2. The third-order valence-electron chi connectivity index (χ3n) is 3.63. The van der Waals surface area contributed by atoms with E-state index < -0.39 is 22.6 Å². The smallest absolute Gasteiger partial charge is 0.311 e. The zero-order valence-corrected chi connectivity index (χ0v) is 12.9. The molecule has 0 spiro atoms. The molecule has 126 valence electrons. The van der Waals surface area contributed by atoms with E-state index in [1.807, 2.05) is 0 Å². The van der Waals surface area contributed by atoms with Crippen LogP contribution in [0.4, 0.5) is 11.4 Å². The van der Waals surface area contributed by atoms with Gasteiger partial charge in [-0.1, -0.05) is 0 Å². The second-order valence-electron chi connectivity index (χ2n) is 5.14. The second kappa shape index (κ2) is 6.04. The van der Waals surface area contributed by atoms with Crippen LogP contribution in [-0.4, -0.2) is 29.8 Å². The minimum Gasteiger partial charge on any atom is -0.490 e. The van der Waals surface area contributed by atoms with Crippen molar-refractivity contribution in [2.45, 2.75) is 0 Å². The summed E-state index contributed by atoms with van der Waals surface area (Å²) in [6.07, 6.45) is 0. The molecule has 0 aliphatic carbocycles. The molecule has 0 saturated carbocycles. The maximum absolute atomic E-state index is 12.3. The van der Waals surface area contributed by atoms with E-state index in [-0.39, 0.29) is 33.8 Å². The maximum atomic E-state index is 12.3. The van der Waals surface area contributed by atoms with Crippen LogP contribution in [0.25, 0.3) is 0 Å². The lowest BCUT2D eigenvalue weighted by Crippen LogP contribution is -2.19. The van der Waals surface area contributed by atoms with E-state index in [1.54, 1.807) is 0 Å². The number of nitrogens with one attached hydrogen (secondary N) is 2. The third-order valence-corrected chi connectivity index (χ3v) is 3.63. The molecule has 9 heteroatoms. The Morgan fingerprint density at radius 1 is 1.12 bits per heavy atom.